The molecule has 0 saturated carbocycles. The second kappa shape index (κ2) is 2.12. The number of nitrogens with two attached hydrogens (primary N) is 1. The van der Waals surface area contributed by atoms with Crippen LogP contribution in [0.1, 0.15) is 0 Å². The number of amides is 1. The average molecular weight is 129 g/mol. The van der Waals surface area contributed by atoms with E-state index in [-0.39, 0.29) is 0 Å². The monoisotopic (exact) mass is 129 g/mol. The summed E-state index contributed by atoms with van der Waals surface area (Å²) in [6.07, 6.45) is 3.11. The van der Waals surface area contributed by atoms with Gasteiger partial charge in [-0.05, 0) is 0 Å². The predicted octanol–water partition coefficient (Wildman–Crippen LogP) is -0.476. The van der Waals surface area contributed by atoms with Crippen molar-refractivity contribution < 1.29 is 4.79 Å². The molecule has 0 aliphatic heterocycles. The SMILES string of the molecule is NC(=O)n1[nH]cc[nH][nH]1. The molecule has 1 aromatic heterocycles. The quantitative estimate of drug-likeness (QED) is 0.374. The maximum absolute atomic E-state index is 10.3. The summed E-state index contributed by atoms with van der Waals surface area (Å²) in [6.45, 7) is 0. The normalized spacial score (nSPS) is 8.89. The molecule has 0 aliphatic rings. The molecule has 50 valence electrons. The Morgan fingerprint density at radius 2 is 2.33 bits per heavy atom. The number of carbonyl (C=O) groups is 1. The Labute approximate surface area is 50.3 Å². The van der Waals surface area contributed by atoms with Gasteiger partial charge in [-0.1, -0.05) is 0 Å². The van der Waals surface area contributed by atoms with E-state index in [9.17, 15) is 4.79 Å². The molecule has 0 spiro atoms. The van der Waals surface area contributed by atoms with Gasteiger partial charge >= 0.3 is 6.03 Å². The van der Waals surface area contributed by atoms with Gasteiger partial charge in [0.15, 0.2) is 0 Å². The third-order valence-electron chi connectivity index (χ3n) is 0.767. The molecule has 0 bridgehead atoms. The van der Waals surface area contributed by atoms with Crippen molar-refractivity contribution in [1.82, 2.24) is 20.2 Å². The van der Waals surface area contributed by atoms with E-state index < -0.39 is 6.03 Å². The van der Waals surface area contributed by atoms with E-state index in [2.05, 4.69) is 15.4 Å². The molecule has 1 heterocycles. The number of nitrogens with one attached hydrogen (secondary N) is 3. The fourth-order valence-electron chi connectivity index (χ4n) is 0.406. The molecule has 1 aromatic rings. The van der Waals surface area contributed by atoms with Gasteiger partial charge < -0.3 is 5.73 Å². The maximum atomic E-state index is 10.3. The third kappa shape index (κ3) is 1.15. The highest BCUT2D eigenvalue weighted by molar-refractivity contribution is 5.71. The van der Waals surface area contributed by atoms with Crippen molar-refractivity contribution in [2.75, 3.05) is 0 Å². The van der Waals surface area contributed by atoms with Crippen LogP contribution in [0.3, 0.4) is 0 Å². The van der Waals surface area contributed by atoms with Gasteiger partial charge in [0.1, 0.15) is 0 Å². The molecule has 0 radical (unpaired) electrons. The first-order valence-corrected chi connectivity index (χ1v) is 2.32. The number of aromatic nitrogens is 4. The van der Waals surface area contributed by atoms with Gasteiger partial charge in [-0.3, -0.25) is 10.2 Å². The predicted molar refractivity (Wildman–Crippen MR) is 30.1 cm³/mol. The van der Waals surface area contributed by atoms with E-state index >= 15 is 0 Å². The molecule has 6 heteroatoms. The van der Waals surface area contributed by atoms with Crippen LogP contribution < -0.4 is 5.73 Å². The average Bonchev–Trinajstić information content (AvgIpc) is 1.90. The van der Waals surface area contributed by atoms with Crippen molar-refractivity contribution >= 4 is 6.03 Å². The van der Waals surface area contributed by atoms with Crippen molar-refractivity contribution in [3.63, 3.8) is 0 Å². The van der Waals surface area contributed by atoms with E-state index in [1.807, 2.05) is 0 Å². The number of nitrogens with zero attached hydrogens (tertiary/aromatic N) is 1. The molecule has 5 N–H and O–H groups in total. The van der Waals surface area contributed by atoms with E-state index in [1.165, 1.54) is 6.20 Å². The summed E-state index contributed by atoms with van der Waals surface area (Å²) in [4.78, 5) is 11.3. The number of H-pyrrole nitrogens is 3. The number of hydrogen-bond acceptors (Lipinski definition) is 1. The molecule has 0 aromatic carbocycles. The second-order valence-corrected chi connectivity index (χ2v) is 1.39. The Balaban J connectivity index is 2.98. The van der Waals surface area contributed by atoms with Crippen LogP contribution in [0.4, 0.5) is 4.79 Å². The summed E-state index contributed by atoms with van der Waals surface area (Å²) in [6, 6.07) is -0.605. The third-order valence-corrected chi connectivity index (χ3v) is 0.767. The first-order chi connectivity index (χ1) is 4.30. The molecule has 1 rings (SSSR count). The first kappa shape index (κ1) is 5.54. The lowest BCUT2D eigenvalue weighted by Crippen LogP contribution is -2.24. The summed E-state index contributed by atoms with van der Waals surface area (Å²) < 4.78 is 0. The maximum Gasteiger partial charge on any atom is 0.354 e. The highest BCUT2D eigenvalue weighted by atomic mass is 16.2. The smallest absolute Gasteiger partial charge is 0.349 e. The minimum absolute atomic E-state index is 0.605. The van der Waals surface area contributed by atoms with E-state index in [4.69, 9.17) is 5.73 Å². The molecular formula is C3H7N5O. The van der Waals surface area contributed by atoms with Gasteiger partial charge in [0, 0.05) is 12.4 Å². The van der Waals surface area contributed by atoms with Gasteiger partial charge in [0.25, 0.3) is 0 Å². The van der Waals surface area contributed by atoms with Crippen molar-refractivity contribution in [2.45, 2.75) is 0 Å². The van der Waals surface area contributed by atoms with Crippen molar-refractivity contribution in [2.24, 2.45) is 5.73 Å². The van der Waals surface area contributed by atoms with Gasteiger partial charge in [0.05, 0.1) is 0 Å². The minimum atomic E-state index is -0.605. The zero-order valence-electron chi connectivity index (χ0n) is 4.59. The molecule has 1 amide bonds. The highest BCUT2D eigenvalue weighted by Crippen LogP contribution is 1.67. The lowest BCUT2D eigenvalue weighted by molar-refractivity contribution is 0.242. The van der Waals surface area contributed by atoms with E-state index in [0.717, 1.165) is 4.80 Å². The van der Waals surface area contributed by atoms with Crippen molar-refractivity contribution in [3.8, 4) is 0 Å². The summed E-state index contributed by atoms with van der Waals surface area (Å²) in [7, 11) is 0. The topological polar surface area (TPSA) is 95.4 Å². The van der Waals surface area contributed by atoms with Crippen LogP contribution in [0, 0.1) is 0 Å². The number of rotatable bonds is 0. The molecular weight excluding hydrogens is 122 g/mol. The largest absolute Gasteiger partial charge is 0.354 e. The zero-order valence-corrected chi connectivity index (χ0v) is 4.59. The summed E-state index contributed by atoms with van der Waals surface area (Å²) in [5, 5.41) is 7.50. The van der Waals surface area contributed by atoms with Gasteiger partial charge in [-0.2, -0.15) is 0 Å². The van der Waals surface area contributed by atoms with Crippen molar-refractivity contribution in [3.05, 3.63) is 12.4 Å². The number of aromatic amines is 3. The van der Waals surface area contributed by atoms with Gasteiger partial charge in [-0.25, -0.2) is 10.0 Å². The first-order valence-electron chi connectivity index (χ1n) is 2.32. The standard InChI is InChI=1S/C3H7N5O/c4-3(9)8-6-2-1-5-7-8/h1-2,5-7H,(H2,4,9). The summed E-state index contributed by atoms with van der Waals surface area (Å²) in [5.41, 5.74) is 4.86. The van der Waals surface area contributed by atoms with Crippen LogP contribution in [0.2, 0.25) is 0 Å². The van der Waals surface area contributed by atoms with Crippen LogP contribution in [0.5, 0.6) is 0 Å². The van der Waals surface area contributed by atoms with Crippen LogP contribution in [-0.2, 0) is 0 Å². The Morgan fingerprint density at radius 3 is 2.67 bits per heavy atom. The molecule has 0 fully saturated rings. The Kier molecular flexibility index (Phi) is 1.31. The number of hydrogen-bond donors (Lipinski definition) is 4. The number of primary amides is 1. The Hall–Kier alpha value is -1.59. The van der Waals surface area contributed by atoms with Crippen LogP contribution >= 0.6 is 0 Å². The Morgan fingerprint density at radius 1 is 1.56 bits per heavy atom. The zero-order chi connectivity index (χ0) is 6.69. The highest BCUT2D eigenvalue weighted by Gasteiger charge is 1.89. The van der Waals surface area contributed by atoms with Crippen LogP contribution in [0.15, 0.2) is 12.4 Å². The fourth-order valence-corrected chi connectivity index (χ4v) is 0.406. The van der Waals surface area contributed by atoms with Gasteiger partial charge in [-0.15, -0.1) is 4.80 Å². The summed E-state index contributed by atoms with van der Waals surface area (Å²) >= 11 is 0. The molecule has 0 atom stereocenters. The second-order valence-electron chi connectivity index (χ2n) is 1.39. The Bertz CT molecular complexity index is 209. The minimum Gasteiger partial charge on any atom is -0.349 e. The molecule has 9 heavy (non-hydrogen) atoms. The molecule has 0 aliphatic carbocycles. The fraction of sp³-hybridized carbons (Fsp3) is 0. The van der Waals surface area contributed by atoms with Crippen LogP contribution in [0.25, 0.3) is 0 Å². The van der Waals surface area contributed by atoms with E-state index in [1.54, 1.807) is 6.20 Å². The molecule has 0 saturated heterocycles. The summed E-state index contributed by atoms with van der Waals surface area (Å²) in [5.74, 6) is 0. The lowest BCUT2D eigenvalue weighted by Gasteiger charge is -1.98. The van der Waals surface area contributed by atoms with Crippen molar-refractivity contribution in [1.29, 1.82) is 0 Å². The number of carbonyl (C=O) groups excluding carboxylic acids is 1. The van der Waals surface area contributed by atoms with Crippen LogP contribution in [-0.4, -0.2) is 26.2 Å². The molecule has 0 unspecified atom stereocenters. The molecule has 6 nitrogen and oxygen atoms in total. The van der Waals surface area contributed by atoms with E-state index in [0.29, 0.717) is 0 Å². The lowest BCUT2D eigenvalue weighted by atomic mass is 10.9. The van der Waals surface area contributed by atoms with Gasteiger partial charge in [0.2, 0.25) is 0 Å².